The van der Waals surface area contributed by atoms with Crippen LogP contribution >= 0.6 is 11.3 Å². The molecule has 1 saturated heterocycles. The SMILES string of the molecule is CCCc1nc(CN[C@@H]2CC(=O)N(C)[C@H]2c2c(C)nn(C)c2C)cs1. The Morgan fingerprint density at radius 3 is 2.76 bits per heavy atom. The zero-order valence-corrected chi connectivity index (χ0v) is 16.5. The van der Waals surface area contributed by atoms with Crippen LogP contribution < -0.4 is 5.32 Å². The molecule has 0 radical (unpaired) electrons. The molecule has 1 N–H and O–H groups in total. The van der Waals surface area contributed by atoms with Crippen LogP contribution in [0.5, 0.6) is 0 Å². The van der Waals surface area contributed by atoms with Crippen molar-refractivity contribution in [1.82, 2.24) is 25.0 Å². The molecule has 0 aliphatic carbocycles. The summed E-state index contributed by atoms with van der Waals surface area (Å²) in [5.74, 6) is 0.176. The van der Waals surface area contributed by atoms with Gasteiger partial charge in [-0.05, 0) is 26.7 Å². The molecule has 1 aliphatic rings. The summed E-state index contributed by atoms with van der Waals surface area (Å²) in [7, 11) is 3.85. The first kappa shape index (κ1) is 18.1. The highest BCUT2D eigenvalue weighted by molar-refractivity contribution is 7.09. The first-order valence-electron chi connectivity index (χ1n) is 8.84. The van der Waals surface area contributed by atoms with Crippen molar-refractivity contribution in [3.8, 4) is 0 Å². The molecular weight excluding hydrogens is 334 g/mol. The highest BCUT2D eigenvalue weighted by Gasteiger charge is 2.40. The number of hydrogen-bond acceptors (Lipinski definition) is 5. The smallest absolute Gasteiger partial charge is 0.224 e. The number of carbonyl (C=O) groups excluding carboxylic acids is 1. The van der Waals surface area contributed by atoms with Gasteiger partial charge in [-0.1, -0.05) is 6.92 Å². The summed E-state index contributed by atoms with van der Waals surface area (Å²) in [4.78, 5) is 18.9. The molecule has 7 heteroatoms. The van der Waals surface area contributed by atoms with Crippen LogP contribution in [0.2, 0.25) is 0 Å². The topological polar surface area (TPSA) is 63.1 Å². The Morgan fingerprint density at radius 1 is 1.36 bits per heavy atom. The van der Waals surface area contributed by atoms with Gasteiger partial charge in [-0.3, -0.25) is 9.48 Å². The predicted octanol–water partition coefficient (Wildman–Crippen LogP) is 2.51. The molecular formula is C18H27N5OS. The lowest BCUT2D eigenvalue weighted by Gasteiger charge is -2.26. The van der Waals surface area contributed by atoms with E-state index in [1.165, 1.54) is 10.6 Å². The van der Waals surface area contributed by atoms with E-state index in [2.05, 4.69) is 34.6 Å². The largest absolute Gasteiger partial charge is 0.337 e. The molecule has 3 rings (SSSR count). The number of thiazole rings is 1. The van der Waals surface area contributed by atoms with Gasteiger partial charge in [0.05, 0.1) is 22.4 Å². The van der Waals surface area contributed by atoms with Crippen molar-refractivity contribution in [2.75, 3.05) is 7.05 Å². The number of hydrogen-bond donors (Lipinski definition) is 1. The minimum Gasteiger partial charge on any atom is -0.337 e. The van der Waals surface area contributed by atoms with E-state index >= 15 is 0 Å². The maximum atomic E-state index is 12.3. The quantitative estimate of drug-likeness (QED) is 0.859. The van der Waals surface area contributed by atoms with Crippen LogP contribution in [0, 0.1) is 13.8 Å². The average Bonchev–Trinajstić information content (AvgIpc) is 3.19. The number of aromatic nitrogens is 3. The second-order valence-electron chi connectivity index (χ2n) is 6.83. The van der Waals surface area contributed by atoms with E-state index in [0.717, 1.165) is 29.9 Å². The first-order chi connectivity index (χ1) is 11.9. The Balaban J connectivity index is 1.77. The maximum absolute atomic E-state index is 12.3. The third-order valence-electron chi connectivity index (χ3n) is 5.06. The number of aryl methyl sites for hydroxylation is 3. The molecule has 0 unspecified atom stereocenters. The van der Waals surface area contributed by atoms with Crippen LogP contribution in [-0.2, 0) is 24.8 Å². The molecule has 0 bridgehead atoms. The van der Waals surface area contributed by atoms with Gasteiger partial charge in [-0.25, -0.2) is 4.98 Å². The fourth-order valence-corrected chi connectivity index (χ4v) is 4.56. The van der Waals surface area contributed by atoms with Crippen LogP contribution in [0.15, 0.2) is 5.38 Å². The number of likely N-dealkylation sites (N-methyl/N-ethyl adjacent to an activating group) is 1. The van der Waals surface area contributed by atoms with E-state index in [9.17, 15) is 4.79 Å². The standard InChI is InChI=1S/C18H27N5OS/c1-6-7-15-20-13(10-25-15)9-19-14-8-16(24)22(4)18(14)17-11(2)21-23(5)12(17)3/h10,14,18-19H,6-9H2,1-5H3/t14-,18-/m1/s1. The molecule has 3 heterocycles. The fourth-order valence-electron chi connectivity index (χ4n) is 3.66. The summed E-state index contributed by atoms with van der Waals surface area (Å²) >= 11 is 1.72. The third kappa shape index (κ3) is 3.48. The van der Waals surface area contributed by atoms with Crippen LogP contribution in [0.1, 0.15) is 53.5 Å². The summed E-state index contributed by atoms with van der Waals surface area (Å²) in [6, 6.07) is 0.102. The number of amides is 1. The second-order valence-corrected chi connectivity index (χ2v) is 7.77. The van der Waals surface area contributed by atoms with Crippen LogP contribution in [0.3, 0.4) is 0 Å². The van der Waals surface area contributed by atoms with Gasteiger partial charge in [0.2, 0.25) is 5.91 Å². The summed E-state index contributed by atoms with van der Waals surface area (Å²) in [5, 5.41) is 11.4. The van der Waals surface area contributed by atoms with Crippen molar-refractivity contribution in [3.63, 3.8) is 0 Å². The molecule has 0 spiro atoms. The van der Waals surface area contributed by atoms with Crippen molar-refractivity contribution in [2.45, 2.75) is 58.7 Å². The monoisotopic (exact) mass is 361 g/mol. The van der Waals surface area contributed by atoms with Gasteiger partial charge in [0.1, 0.15) is 0 Å². The molecule has 0 aromatic carbocycles. The maximum Gasteiger partial charge on any atom is 0.224 e. The Morgan fingerprint density at radius 2 is 2.12 bits per heavy atom. The van der Waals surface area contributed by atoms with E-state index < -0.39 is 0 Å². The predicted molar refractivity (Wildman–Crippen MR) is 99.5 cm³/mol. The number of nitrogens with zero attached hydrogens (tertiary/aromatic N) is 4. The van der Waals surface area contributed by atoms with Gasteiger partial charge in [0.25, 0.3) is 0 Å². The molecule has 2 aromatic heterocycles. The van der Waals surface area contributed by atoms with Crippen molar-refractivity contribution >= 4 is 17.2 Å². The Bertz CT molecular complexity index is 766. The summed E-state index contributed by atoms with van der Waals surface area (Å²) in [6.07, 6.45) is 2.66. The summed E-state index contributed by atoms with van der Waals surface area (Å²) in [5.41, 5.74) is 4.35. The van der Waals surface area contributed by atoms with Gasteiger partial charge in [-0.2, -0.15) is 5.10 Å². The zero-order chi connectivity index (χ0) is 18.1. The molecule has 1 fully saturated rings. The van der Waals surface area contributed by atoms with Gasteiger partial charge < -0.3 is 10.2 Å². The average molecular weight is 362 g/mol. The van der Waals surface area contributed by atoms with Crippen molar-refractivity contribution < 1.29 is 4.79 Å². The van der Waals surface area contributed by atoms with E-state index in [-0.39, 0.29) is 18.0 Å². The molecule has 1 aliphatic heterocycles. The molecule has 2 atom stereocenters. The Kier molecular flexibility index (Phi) is 5.24. The van der Waals surface area contributed by atoms with Crippen molar-refractivity contribution in [3.05, 3.63) is 33.0 Å². The van der Waals surface area contributed by atoms with E-state index in [4.69, 9.17) is 0 Å². The third-order valence-corrected chi connectivity index (χ3v) is 6.01. The van der Waals surface area contributed by atoms with Crippen molar-refractivity contribution in [1.29, 1.82) is 0 Å². The lowest BCUT2D eigenvalue weighted by molar-refractivity contribution is -0.127. The van der Waals surface area contributed by atoms with E-state index in [0.29, 0.717) is 13.0 Å². The number of carbonyl (C=O) groups is 1. The Labute approximate surface area is 153 Å². The Hall–Kier alpha value is -1.73. The minimum atomic E-state index is 0.0231. The number of nitrogens with one attached hydrogen (secondary N) is 1. The molecule has 25 heavy (non-hydrogen) atoms. The van der Waals surface area contributed by atoms with Crippen molar-refractivity contribution in [2.24, 2.45) is 7.05 Å². The number of likely N-dealkylation sites (tertiary alicyclic amines) is 1. The second kappa shape index (κ2) is 7.25. The van der Waals surface area contributed by atoms with E-state index in [1.807, 2.05) is 30.6 Å². The molecule has 1 amide bonds. The minimum absolute atomic E-state index is 0.0231. The lowest BCUT2D eigenvalue weighted by Crippen LogP contribution is -2.35. The molecule has 136 valence electrons. The number of rotatable bonds is 6. The van der Waals surface area contributed by atoms with Gasteiger partial charge in [0.15, 0.2) is 0 Å². The fraction of sp³-hybridized carbons (Fsp3) is 0.611. The van der Waals surface area contributed by atoms with Crippen LogP contribution in [0.25, 0.3) is 0 Å². The normalized spacial score (nSPS) is 20.7. The molecule has 6 nitrogen and oxygen atoms in total. The molecule has 0 saturated carbocycles. The van der Waals surface area contributed by atoms with Gasteiger partial charge in [-0.15, -0.1) is 11.3 Å². The van der Waals surface area contributed by atoms with Gasteiger partial charge in [0, 0.05) is 49.7 Å². The van der Waals surface area contributed by atoms with Crippen LogP contribution in [0.4, 0.5) is 0 Å². The molecule has 2 aromatic rings. The first-order valence-corrected chi connectivity index (χ1v) is 9.72. The zero-order valence-electron chi connectivity index (χ0n) is 15.7. The lowest BCUT2D eigenvalue weighted by atomic mass is 9.98. The van der Waals surface area contributed by atoms with Crippen LogP contribution in [-0.4, -0.2) is 38.7 Å². The van der Waals surface area contributed by atoms with Gasteiger partial charge >= 0.3 is 0 Å². The summed E-state index contributed by atoms with van der Waals surface area (Å²) in [6.45, 7) is 6.96. The highest BCUT2D eigenvalue weighted by Crippen LogP contribution is 2.35. The summed E-state index contributed by atoms with van der Waals surface area (Å²) < 4.78 is 1.90. The highest BCUT2D eigenvalue weighted by atomic mass is 32.1. The van der Waals surface area contributed by atoms with E-state index in [1.54, 1.807) is 11.3 Å².